The molecule has 4 unspecified atom stereocenters. The summed E-state index contributed by atoms with van der Waals surface area (Å²) in [5.74, 6) is 5.47. The van der Waals surface area contributed by atoms with Crippen molar-refractivity contribution in [1.82, 2.24) is 9.80 Å². The predicted molar refractivity (Wildman–Crippen MR) is 223 cm³/mol. The molecule has 8 aliphatic carbocycles. The number of hydrogen-bond acceptors (Lipinski definition) is 2. The molecule has 0 aliphatic heterocycles. The first-order valence-electron chi connectivity index (χ1n) is 24.7. The quantitative estimate of drug-likeness (QED) is 0.208. The molecular weight excluding hydrogens is 629 g/mol. The molecule has 2 heteroatoms. The zero-order valence-corrected chi connectivity index (χ0v) is 34.2. The van der Waals surface area contributed by atoms with E-state index in [9.17, 15) is 0 Å². The molecule has 294 valence electrons. The molecule has 8 aliphatic rings. The molecule has 0 spiro atoms. The van der Waals surface area contributed by atoms with E-state index < -0.39 is 0 Å². The number of nitrogens with zero attached hydrogens (tertiary/aromatic N) is 2. The molecule has 4 atom stereocenters. The molecule has 0 amide bonds. The fraction of sp³-hybridized carbons (Fsp3) is 0.920. The lowest BCUT2D eigenvalue weighted by atomic mass is 9.63. The molecule has 0 aromatic carbocycles. The van der Waals surface area contributed by atoms with Crippen molar-refractivity contribution in [3.8, 4) is 0 Å². The summed E-state index contributed by atoms with van der Waals surface area (Å²) in [7, 11) is 0. The van der Waals surface area contributed by atoms with E-state index in [1.165, 1.54) is 205 Å². The molecule has 52 heavy (non-hydrogen) atoms. The molecule has 0 saturated heterocycles. The highest BCUT2D eigenvalue weighted by Gasteiger charge is 2.49. The molecule has 0 radical (unpaired) electrons. The van der Waals surface area contributed by atoms with Gasteiger partial charge in [-0.15, -0.1) is 0 Å². The summed E-state index contributed by atoms with van der Waals surface area (Å²) in [6.07, 6.45) is 61.5. The highest BCUT2D eigenvalue weighted by atomic mass is 15.3. The summed E-state index contributed by atoms with van der Waals surface area (Å²) in [4.78, 5) is 6.71. The van der Waals surface area contributed by atoms with Gasteiger partial charge in [-0.25, -0.2) is 0 Å². The monoisotopic (exact) mass is 713 g/mol. The van der Waals surface area contributed by atoms with Gasteiger partial charge in [0.2, 0.25) is 0 Å². The van der Waals surface area contributed by atoms with Crippen LogP contribution in [0.4, 0.5) is 0 Å². The predicted octanol–water partition coefficient (Wildman–Crippen LogP) is 14.0. The maximum absolute atomic E-state index is 3.36. The molecule has 0 bridgehead atoms. The number of rotatable bonds is 10. The van der Waals surface area contributed by atoms with Gasteiger partial charge in [-0.2, -0.15) is 0 Å². The van der Waals surface area contributed by atoms with Crippen LogP contribution in [0.2, 0.25) is 0 Å². The SMILES string of the molecule is C(=C\C1CCC(N(C2CCCCC2)C2CCC(N(C3CCCCC3)C3CCC(/C=C/C4CCCCC4)CC3)C3CCCCC32)CC1)/C1CCCCC1. The van der Waals surface area contributed by atoms with Crippen LogP contribution in [-0.2, 0) is 0 Å². The van der Waals surface area contributed by atoms with Gasteiger partial charge in [0.1, 0.15) is 0 Å². The molecule has 8 fully saturated rings. The summed E-state index contributed by atoms with van der Waals surface area (Å²) < 4.78 is 0. The third-order valence-corrected chi connectivity index (χ3v) is 17.3. The highest BCUT2D eigenvalue weighted by Crippen LogP contribution is 2.50. The Balaban J connectivity index is 0.958. The lowest BCUT2D eigenvalue weighted by Gasteiger charge is -2.58. The third-order valence-electron chi connectivity index (χ3n) is 17.3. The van der Waals surface area contributed by atoms with Gasteiger partial charge < -0.3 is 0 Å². The minimum Gasteiger partial charge on any atom is -0.294 e. The second kappa shape index (κ2) is 19.5. The van der Waals surface area contributed by atoms with Crippen LogP contribution in [0, 0.1) is 35.5 Å². The maximum Gasteiger partial charge on any atom is 0.0133 e. The molecule has 0 aromatic heterocycles. The minimum absolute atomic E-state index is 0.867. The smallest absolute Gasteiger partial charge is 0.0133 e. The second-order valence-corrected chi connectivity index (χ2v) is 20.5. The second-order valence-electron chi connectivity index (χ2n) is 20.5. The highest BCUT2D eigenvalue weighted by molar-refractivity contribution is 5.05. The van der Waals surface area contributed by atoms with E-state index in [1.807, 2.05) is 0 Å². The van der Waals surface area contributed by atoms with Crippen molar-refractivity contribution in [2.45, 2.75) is 255 Å². The van der Waals surface area contributed by atoms with Gasteiger partial charge in [0, 0.05) is 36.3 Å². The van der Waals surface area contributed by atoms with E-state index in [0.717, 1.165) is 71.8 Å². The standard InChI is InChI=1S/C50H84N2/c1-5-15-39(16-6-1)25-27-41-29-33-45(34-30-41)51(43-19-9-3-10-20-43)49-37-38-50(48-24-14-13-23-47(48)49)52(44-21-11-4-12-22-44)46-35-31-42(32-36-46)28-26-40-17-7-2-8-18-40/h25-28,39-50H,1-24,29-38H2/b27-25+,28-26+. The van der Waals surface area contributed by atoms with E-state index in [0.29, 0.717) is 0 Å². The van der Waals surface area contributed by atoms with E-state index >= 15 is 0 Å². The summed E-state index contributed by atoms with van der Waals surface area (Å²) in [6, 6.07) is 5.30. The van der Waals surface area contributed by atoms with E-state index in [4.69, 9.17) is 0 Å². The molecule has 0 heterocycles. The summed E-state index contributed by atoms with van der Waals surface area (Å²) in [5.41, 5.74) is 0. The average molecular weight is 713 g/mol. The van der Waals surface area contributed by atoms with Gasteiger partial charge in [0.15, 0.2) is 0 Å². The summed E-state index contributed by atoms with van der Waals surface area (Å²) in [5, 5.41) is 0. The lowest BCUT2D eigenvalue weighted by Crippen LogP contribution is -2.62. The average Bonchev–Trinajstić information content (AvgIpc) is 3.22. The third kappa shape index (κ3) is 9.67. The molecule has 2 nitrogen and oxygen atoms in total. The Kier molecular flexibility index (Phi) is 14.4. The van der Waals surface area contributed by atoms with Crippen LogP contribution in [0.15, 0.2) is 24.3 Å². The maximum atomic E-state index is 3.36. The zero-order chi connectivity index (χ0) is 35.0. The van der Waals surface area contributed by atoms with Crippen LogP contribution in [0.25, 0.3) is 0 Å². The van der Waals surface area contributed by atoms with Crippen LogP contribution in [0.1, 0.15) is 218 Å². The van der Waals surface area contributed by atoms with Crippen molar-refractivity contribution in [1.29, 1.82) is 0 Å². The van der Waals surface area contributed by atoms with Crippen LogP contribution in [0.5, 0.6) is 0 Å². The Morgan fingerprint density at radius 1 is 0.231 bits per heavy atom. The van der Waals surface area contributed by atoms with Gasteiger partial charge in [0.05, 0.1) is 0 Å². The van der Waals surface area contributed by atoms with E-state index in [-0.39, 0.29) is 0 Å². The van der Waals surface area contributed by atoms with Crippen molar-refractivity contribution in [2.24, 2.45) is 35.5 Å². The van der Waals surface area contributed by atoms with Gasteiger partial charge in [-0.05, 0) is 164 Å². The number of allylic oxidation sites excluding steroid dienone is 4. The minimum atomic E-state index is 0.867. The largest absolute Gasteiger partial charge is 0.294 e. The number of hydrogen-bond donors (Lipinski definition) is 0. The van der Waals surface area contributed by atoms with Gasteiger partial charge >= 0.3 is 0 Å². The van der Waals surface area contributed by atoms with Crippen molar-refractivity contribution < 1.29 is 0 Å². The molecular formula is C50H84N2. The Hall–Kier alpha value is -0.600. The topological polar surface area (TPSA) is 6.48 Å². The van der Waals surface area contributed by atoms with Crippen molar-refractivity contribution >= 4 is 0 Å². The fourth-order valence-electron chi connectivity index (χ4n) is 14.6. The Morgan fingerprint density at radius 3 is 0.846 bits per heavy atom. The normalized spacial score (nSPS) is 38.7. The van der Waals surface area contributed by atoms with Crippen LogP contribution in [-0.4, -0.2) is 46.1 Å². The van der Waals surface area contributed by atoms with Gasteiger partial charge in [-0.1, -0.05) is 114 Å². The zero-order valence-electron chi connectivity index (χ0n) is 34.2. The van der Waals surface area contributed by atoms with Gasteiger partial charge in [-0.3, -0.25) is 9.80 Å². The number of fused-ring (bicyclic) bond motifs is 1. The summed E-state index contributed by atoms with van der Waals surface area (Å²) in [6.45, 7) is 0. The molecule has 0 aromatic rings. The first kappa shape index (κ1) is 38.3. The summed E-state index contributed by atoms with van der Waals surface area (Å²) >= 11 is 0. The fourth-order valence-corrected chi connectivity index (χ4v) is 14.6. The first-order valence-corrected chi connectivity index (χ1v) is 24.7. The Bertz CT molecular complexity index is 984. The van der Waals surface area contributed by atoms with Crippen LogP contribution < -0.4 is 0 Å². The van der Waals surface area contributed by atoms with Crippen molar-refractivity contribution in [3.05, 3.63) is 24.3 Å². The van der Waals surface area contributed by atoms with E-state index in [1.54, 1.807) is 12.8 Å². The Morgan fingerprint density at radius 2 is 0.500 bits per heavy atom. The van der Waals surface area contributed by atoms with E-state index in [2.05, 4.69) is 34.1 Å². The molecule has 0 N–H and O–H groups in total. The first-order chi connectivity index (χ1) is 25.8. The van der Waals surface area contributed by atoms with Crippen molar-refractivity contribution in [3.63, 3.8) is 0 Å². The van der Waals surface area contributed by atoms with Crippen molar-refractivity contribution in [2.75, 3.05) is 0 Å². The lowest BCUT2D eigenvalue weighted by molar-refractivity contribution is -0.0861. The van der Waals surface area contributed by atoms with Crippen LogP contribution in [0.3, 0.4) is 0 Å². The van der Waals surface area contributed by atoms with Gasteiger partial charge in [0.25, 0.3) is 0 Å². The van der Waals surface area contributed by atoms with Crippen LogP contribution >= 0.6 is 0 Å². The molecule has 8 saturated carbocycles. The molecule has 8 rings (SSSR count). The Labute approximate surface area is 323 Å².